The summed E-state index contributed by atoms with van der Waals surface area (Å²) in [7, 11) is 0. The third-order valence-corrected chi connectivity index (χ3v) is 4.53. The van der Waals surface area contributed by atoms with Gasteiger partial charge in [0, 0.05) is 5.56 Å². The van der Waals surface area contributed by atoms with E-state index in [4.69, 9.17) is 9.68 Å². The van der Waals surface area contributed by atoms with Crippen LogP contribution in [0.3, 0.4) is 0 Å². The van der Waals surface area contributed by atoms with Crippen molar-refractivity contribution >= 4 is 5.71 Å². The maximum absolute atomic E-state index is 5.66. The van der Waals surface area contributed by atoms with Crippen molar-refractivity contribution in [1.82, 2.24) is 5.48 Å². The predicted octanol–water partition coefficient (Wildman–Crippen LogP) is 2.01. The van der Waals surface area contributed by atoms with E-state index in [-0.39, 0.29) is 18.1 Å². The Morgan fingerprint density at radius 3 is 2.68 bits per heavy atom. The summed E-state index contributed by atoms with van der Waals surface area (Å²) in [6.07, 6.45) is 1.38. The largest absolute Gasteiger partial charge is 0.390 e. The van der Waals surface area contributed by atoms with Crippen molar-refractivity contribution in [3.63, 3.8) is 0 Å². The second kappa shape index (κ2) is 3.81. The van der Waals surface area contributed by atoms with Gasteiger partial charge >= 0.3 is 0 Å². The molecule has 2 heterocycles. The van der Waals surface area contributed by atoms with Gasteiger partial charge in [0.05, 0.1) is 23.8 Å². The lowest BCUT2D eigenvalue weighted by molar-refractivity contribution is -0.0768. The Kier molecular flexibility index (Phi) is 2.29. The zero-order chi connectivity index (χ0) is 13.1. The second-order valence-corrected chi connectivity index (χ2v) is 5.96. The summed E-state index contributed by atoms with van der Waals surface area (Å²) < 4.78 is 0. The molecule has 100 valence electrons. The van der Waals surface area contributed by atoms with Crippen LogP contribution in [0.2, 0.25) is 0 Å². The normalized spacial score (nSPS) is 35.2. The van der Waals surface area contributed by atoms with Crippen LogP contribution in [0, 0.1) is 26.7 Å². The van der Waals surface area contributed by atoms with E-state index in [0.29, 0.717) is 6.04 Å². The third kappa shape index (κ3) is 1.50. The highest BCUT2D eigenvalue weighted by atomic mass is 16.7. The van der Waals surface area contributed by atoms with Crippen molar-refractivity contribution in [2.45, 2.75) is 45.4 Å². The van der Waals surface area contributed by atoms with Gasteiger partial charge in [0.2, 0.25) is 0 Å². The summed E-state index contributed by atoms with van der Waals surface area (Å²) in [5.74, 6) is 0.284. The van der Waals surface area contributed by atoms with E-state index in [1.165, 1.54) is 22.3 Å². The van der Waals surface area contributed by atoms with Gasteiger partial charge in [-0.3, -0.25) is 4.84 Å². The predicted molar refractivity (Wildman–Crippen MR) is 72.0 cm³/mol. The minimum Gasteiger partial charge on any atom is -0.390 e. The van der Waals surface area contributed by atoms with E-state index >= 15 is 0 Å². The maximum atomic E-state index is 5.66. The first-order valence-electron chi connectivity index (χ1n) is 6.88. The highest BCUT2D eigenvalue weighted by Crippen LogP contribution is 2.42. The number of aryl methyl sites for hydroxylation is 3. The first-order chi connectivity index (χ1) is 9.15. The van der Waals surface area contributed by atoms with Crippen LogP contribution in [0.25, 0.3) is 0 Å². The van der Waals surface area contributed by atoms with Gasteiger partial charge in [-0.2, -0.15) is 5.48 Å². The van der Waals surface area contributed by atoms with Gasteiger partial charge in [-0.05, 0) is 38.3 Å². The molecule has 1 N–H and O–H groups in total. The van der Waals surface area contributed by atoms with Crippen LogP contribution in [0.1, 0.15) is 28.7 Å². The number of nitrogens with one attached hydrogen (secondary N) is 1. The van der Waals surface area contributed by atoms with E-state index in [1.54, 1.807) is 0 Å². The van der Waals surface area contributed by atoms with Crippen LogP contribution in [0.15, 0.2) is 17.3 Å². The molecule has 0 unspecified atom stereocenters. The Morgan fingerprint density at radius 1 is 1.21 bits per heavy atom. The Bertz CT molecular complexity index is 559. The average molecular weight is 258 g/mol. The minimum atomic E-state index is 0.147. The standard InChI is InChI=1S/C15H18N2O2/c1-7-4-8(2)12(9(3)5-7)14-13-11-6-10(16-18-11)15(13)19-17-14/h4-5,10-11,13,15-16H,6H2,1-3H3/t10-,11+,13+,15+/m1/s1. The molecule has 1 aliphatic carbocycles. The summed E-state index contributed by atoms with van der Waals surface area (Å²) >= 11 is 0. The van der Waals surface area contributed by atoms with E-state index in [2.05, 4.69) is 43.5 Å². The highest BCUT2D eigenvalue weighted by molar-refractivity contribution is 6.06. The molecule has 1 aromatic carbocycles. The fourth-order valence-electron chi connectivity index (χ4n) is 3.85. The Balaban J connectivity index is 1.78. The molecular formula is C15H18N2O2. The fourth-order valence-corrected chi connectivity index (χ4v) is 3.85. The van der Waals surface area contributed by atoms with E-state index in [0.717, 1.165) is 12.1 Å². The van der Waals surface area contributed by atoms with Crippen molar-refractivity contribution in [2.24, 2.45) is 11.1 Å². The lowest BCUT2D eigenvalue weighted by atomic mass is 9.86. The van der Waals surface area contributed by atoms with E-state index < -0.39 is 0 Å². The number of fused-ring (bicyclic) bond motifs is 5. The lowest BCUT2D eigenvalue weighted by Crippen LogP contribution is -2.44. The molecule has 4 heteroatoms. The zero-order valence-corrected chi connectivity index (χ0v) is 11.4. The van der Waals surface area contributed by atoms with Gasteiger partial charge in [0.1, 0.15) is 0 Å². The van der Waals surface area contributed by atoms with Crippen LogP contribution >= 0.6 is 0 Å². The smallest absolute Gasteiger partial charge is 0.156 e. The molecule has 2 bridgehead atoms. The molecular weight excluding hydrogens is 240 g/mol. The molecule has 2 fully saturated rings. The molecule has 1 saturated heterocycles. The van der Waals surface area contributed by atoms with Crippen LogP contribution < -0.4 is 5.48 Å². The van der Waals surface area contributed by atoms with Gasteiger partial charge in [-0.25, -0.2) is 0 Å². The van der Waals surface area contributed by atoms with Gasteiger partial charge in [0.25, 0.3) is 0 Å². The number of hydrogen-bond donors (Lipinski definition) is 1. The molecule has 4 nitrogen and oxygen atoms in total. The Hall–Kier alpha value is -1.39. The molecule has 0 amide bonds. The lowest BCUT2D eigenvalue weighted by Gasteiger charge is -2.24. The molecule has 0 radical (unpaired) electrons. The van der Waals surface area contributed by atoms with Crippen LogP contribution in [-0.4, -0.2) is 24.0 Å². The molecule has 1 aromatic rings. The molecule has 0 spiro atoms. The number of rotatable bonds is 1. The quantitative estimate of drug-likeness (QED) is 0.838. The third-order valence-electron chi connectivity index (χ3n) is 4.53. The van der Waals surface area contributed by atoms with Crippen molar-refractivity contribution in [3.05, 3.63) is 34.4 Å². The second-order valence-electron chi connectivity index (χ2n) is 5.96. The highest BCUT2D eigenvalue weighted by Gasteiger charge is 2.56. The topological polar surface area (TPSA) is 42.8 Å². The maximum Gasteiger partial charge on any atom is 0.156 e. The Labute approximate surface area is 112 Å². The average Bonchev–Trinajstić information content (AvgIpc) is 2.98. The first kappa shape index (κ1) is 11.4. The number of hydroxylamine groups is 1. The molecule has 4 atom stereocenters. The SMILES string of the molecule is Cc1cc(C)c(C2=NO[C@@H]3[C@H]2[C@@H]2C[C@H]3NO2)c(C)c1. The molecule has 0 aromatic heterocycles. The van der Waals surface area contributed by atoms with Crippen LogP contribution in [0.5, 0.6) is 0 Å². The van der Waals surface area contributed by atoms with Crippen LogP contribution in [0.4, 0.5) is 0 Å². The molecule has 4 rings (SSSR count). The van der Waals surface area contributed by atoms with E-state index in [9.17, 15) is 0 Å². The van der Waals surface area contributed by atoms with Crippen molar-refractivity contribution in [2.75, 3.05) is 0 Å². The summed E-state index contributed by atoms with van der Waals surface area (Å²) in [6.45, 7) is 6.43. The van der Waals surface area contributed by atoms with Crippen molar-refractivity contribution in [3.8, 4) is 0 Å². The van der Waals surface area contributed by atoms with Gasteiger partial charge in [0.15, 0.2) is 6.10 Å². The number of benzene rings is 1. The molecule has 2 aliphatic heterocycles. The summed E-state index contributed by atoms with van der Waals surface area (Å²) in [4.78, 5) is 11.3. The van der Waals surface area contributed by atoms with E-state index in [1.807, 2.05) is 0 Å². The summed E-state index contributed by atoms with van der Waals surface area (Å²) in [6, 6.07) is 4.72. The van der Waals surface area contributed by atoms with Gasteiger partial charge in [-0.15, -0.1) is 0 Å². The number of hydrogen-bond acceptors (Lipinski definition) is 4. The monoisotopic (exact) mass is 258 g/mol. The minimum absolute atomic E-state index is 0.147. The van der Waals surface area contributed by atoms with Crippen molar-refractivity contribution in [1.29, 1.82) is 0 Å². The van der Waals surface area contributed by atoms with Crippen LogP contribution in [-0.2, 0) is 9.68 Å². The number of oxime groups is 1. The van der Waals surface area contributed by atoms with Gasteiger partial charge < -0.3 is 4.84 Å². The molecule has 19 heavy (non-hydrogen) atoms. The summed E-state index contributed by atoms with van der Waals surface area (Å²) in [5.41, 5.74) is 9.20. The fraction of sp³-hybridized carbons (Fsp3) is 0.533. The Morgan fingerprint density at radius 2 is 1.95 bits per heavy atom. The molecule has 3 aliphatic rings. The van der Waals surface area contributed by atoms with Gasteiger partial charge in [-0.1, -0.05) is 22.9 Å². The molecule has 1 saturated carbocycles. The zero-order valence-electron chi connectivity index (χ0n) is 11.4. The summed E-state index contributed by atoms with van der Waals surface area (Å²) in [5, 5.41) is 4.38. The number of nitrogens with zero attached hydrogens (tertiary/aromatic N) is 1. The van der Waals surface area contributed by atoms with Crippen molar-refractivity contribution < 1.29 is 9.68 Å². The first-order valence-corrected chi connectivity index (χ1v) is 6.88.